The van der Waals surface area contributed by atoms with Gasteiger partial charge in [-0.25, -0.2) is 0 Å². The molecule has 2 aromatic carbocycles. The fourth-order valence-corrected chi connectivity index (χ4v) is 3.37. The molecule has 4 heteroatoms. The van der Waals surface area contributed by atoms with Gasteiger partial charge in [0, 0.05) is 18.7 Å². The molecule has 1 amide bonds. The van der Waals surface area contributed by atoms with Crippen molar-refractivity contribution < 1.29 is 9.32 Å². The molecule has 24 heavy (non-hydrogen) atoms. The average molecular weight is 318 g/mol. The van der Waals surface area contributed by atoms with Crippen LogP contribution in [0.1, 0.15) is 34.1 Å². The summed E-state index contributed by atoms with van der Waals surface area (Å²) in [6, 6.07) is 19.8. The Balaban J connectivity index is 1.57. The third kappa shape index (κ3) is 2.50. The summed E-state index contributed by atoms with van der Waals surface area (Å²) in [6.45, 7) is 0. The van der Waals surface area contributed by atoms with Crippen molar-refractivity contribution in [2.75, 3.05) is 7.05 Å². The summed E-state index contributed by atoms with van der Waals surface area (Å²) >= 11 is 0. The second-order valence-electron chi connectivity index (χ2n) is 6.11. The van der Waals surface area contributed by atoms with Gasteiger partial charge in [-0.05, 0) is 24.0 Å². The van der Waals surface area contributed by atoms with Crippen LogP contribution in [0.3, 0.4) is 0 Å². The maximum atomic E-state index is 12.8. The quantitative estimate of drug-likeness (QED) is 0.730. The predicted molar refractivity (Wildman–Crippen MR) is 91.5 cm³/mol. The minimum atomic E-state index is -0.109. The van der Waals surface area contributed by atoms with E-state index in [4.69, 9.17) is 4.52 Å². The molecule has 1 aliphatic carbocycles. The SMILES string of the molecule is CN(C(=O)c1cc(-c2ccccc2)on1)C1CCc2ccccc21. The van der Waals surface area contributed by atoms with Crippen LogP contribution < -0.4 is 0 Å². The number of amides is 1. The number of hydrogen-bond acceptors (Lipinski definition) is 3. The zero-order valence-corrected chi connectivity index (χ0v) is 13.5. The van der Waals surface area contributed by atoms with E-state index >= 15 is 0 Å². The van der Waals surface area contributed by atoms with Crippen molar-refractivity contribution in [3.05, 3.63) is 77.5 Å². The van der Waals surface area contributed by atoms with Crippen LogP contribution in [0.2, 0.25) is 0 Å². The lowest BCUT2D eigenvalue weighted by atomic mass is 10.1. The van der Waals surface area contributed by atoms with Crippen molar-refractivity contribution in [1.82, 2.24) is 10.1 Å². The molecule has 1 aliphatic rings. The molecule has 1 aromatic heterocycles. The Hall–Kier alpha value is -2.88. The molecule has 1 atom stereocenters. The van der Waals surface area contributed by atoms with E-state index in [2.05, 4.69) is 17.3 Å². The van der Waals surface area contributed by atoms with E-state index in [-0.39, 0.29) is 11.9 Å². The van der Waals surface area contributed by atoms with Gasteiger partial charge < -0.3 is 9.42 Å². The van der Waals surface area contributed by atoms with Crippen LogP contribution in [0, 0.1) is 0 Å². The van der Waals surface area contributed by atoms with Crippen molar-refractivity contribution >= 4 is 5.91 Å². The van der Waals surface area contributed by atoms with Crippen LogP contribution >= 0.6 is 0 Å². The van der Waals surface area contributed by atoms with Gasteiger partial charge >= 0.3 is 0 Å². The lowest BCUT2D eigenvalue weighted by Gasteiger charge is -2.24. The first kappa shape index (κ1) is 14.7. The molecule has 0 saturated heterocycles. The van der Waals surface area contributed by atoms with Crippen molar-refractivity contribution in [3.8, 4) is 11.3 Å². The first-order valence-corrected chi connectivity index (χ1v) is 8.11. The largest absolute Gasteiger partial charge is 0.355 e. The summed E-state index contributed by atoms with van der Waals surface area (Å²) in [7, 11) is 1.84. The van der Waals surface area contributed by atoms with E-state index in [9.17, 15) is 4.79 Å². The van der Waals surface area contributed by atoms with Gasteiger partial charge in [0.25, 0.3) is 5.91 Å². The molecule has 1 unspecified atom stereocenters. The van der Waals surface area contributed by atoms with Crippen LogP contribution in [-0.4, -0.2) is 23.0 Å². The van der Waals surface area contributed by atoms with Gasteiger partial charge in [0.1, 0.15) is 0 Å². The Morgan fingerprint density at radius 1 is 1.12 bits per heavy atom. The number of fused-ring (bicyclic) bond motifs is 1. The third-order valence-electron chi connectivity index (χ3n) is 4.68. The number of aryl methyl sites for hydroxylation is 1. The molecule has 0 spiro atoms. The van der Waals surface area contributed by atoms with E-state index in [1.165, 1.54) is 11.1 Å². The highest BCUT2D eigenvalue weighted by molar-refractivity contribution is 5.93. The number of hydrogen-bond donors (Lipinski definition) is 0. The Morgan fingerprint density at radius 3 is 2.71 bits per heavy atom. The minimum Gasteiger partial charge on any atom is -0.355 e. The second-order valence-corrected chi connectivity index (χ2v) is 6.11. The van der Waals surface area contributed by atoms with Gasteiger partial charge in [-0.1, -0.05) is 59.8 Å². The number of carbonyl (C=O) groups excluding carboxylic acids is 1. The number of benzene rings is 2. The number of nitrogens with zero attached hydrogens (tertiary/aromatic N) is 2. The Bertz CT molecular complexity index is 870. The summed E-state index contributed by atoms with van der Waals surface area (Å²) in [5, 5.41) is 3.97. The van der Waals surface area contributed by atoms with Gasteiger partial charge in [0.15, 0.2) is 11.5 Å². The molecular weight excluding hydrogens is 300 g/mol. The molecule has 0 aliphatic heterocycles. The first-order chi connectivity index (χ1) is 11.7. The molecule has 0 fully saturated rings. The highest BCUT2D eigenvalue weighted by Crippen LogP contribution is 2.35. The summed E-state index contributed by atoms with van der Waals surface area (Å²) in [4.78, 5) is 14.6. The second kappa shape index (κ2) is 5.96. The topological polar surface area (TPSA) is 46.3 Å². The maximum Gasteiger partial charge on any atom is 0.276 e. The lowest BCUT2D eigenvalue weighted by molar-refractivity contribution is 0.0720. The van der Waals surface area contributed by atoms with E-state index in [1.54, 1.807) is 11.0 Å². The fourth-order valence-electron chi connectivity index (χ4n) is 3.37. The normalized spacial score (nSPS) is 16.0. The van der Waals surface area contributed by atoms with Crippen molar-refractivity contribution in [2.24, 2.45) is 0 Å². The molecular formula is C20H18N2O2. The monoisotopic (exact) mass is 318 g/mol. The Labute approximate surface area is 140 Å². The Kier molecular flexibility index (Phi) is 3.65. The van der Waals surface area contributed by atoms with Crippen LogP contribution in [0.4, 0.5) is 0 Å². The smallest absolute Gasteiger partial charge is 0.276 e. The predicted octanol–water partition coefficient (Wildman–Crippen LogP) is 4.10. The number of carbonyl (C=O) groups is 1. The van der Waals surface area contributed by atoms with Crippen molar-refractivity contribution in [1.29, 1.82) is 0 Å². The fraction of sp³-hybridized carbons (Fsp3) is 0.200. The molecule has 0 radical (unpaired) electrons. The standard InChI is InChI=1S/C20H18N2O2/c1-22(18-12-11-14-7-5-6-10-16(14)18)20(23)17-13-19(24-21-17)15-8-3-2-4-9-15/h2-10,13,18H,11-12H2,1H3. The zero-order valence-electron chi connectivity index (χ0n) is 13.5. The highest BCUT2D eigenvalue weighted by Gasteiger charge is 2.30. The molecule has 120 valence electrons. The van der Waals surface area contributed by atoms with E-state index in [0.29, 0.717) is 11.5 Å². The van der Waals surface area contributed by atoms with Crippen LogP contribution in [-0.2, 0) is 6.42 Å². The molecule has 1 heterocycles. The van der Waals surface area contributed by atoms with Crippen LogP contribution in [0.25, 0.3) is 11.3 Å². The van der Waals surface area contributed by atoms with Gasteiger partial charge in [-0.2, -0.15) is 0 Å². The van der Waals surface area contributed by atoms with Gasteiger partial charge in [0.2, 0.25) is 0 Å². The van der Waals surface area contributed by atoms with Gasteiger partial charge in [0.05, 0.1) is 6.04 Å². The Morgan fingerprint density at radius 2 is 1.88 bits per heavy atom. The highest BCUT2D eigenvalue weighted by atomic mass is 16.5. The van der Waals surface area contributed by atoms with E-state index in [1.807, 2.05) is 49.5 Å². The van der Waals surface area contributed by atoms with Crippen LogP contribution in [0.15, 0.2) is 65.2 Å². The first-order valence-electron chi connectivity index (χ1n) is 8.11. The summed E-state index contributed by atoms with van der Waals surface area (Å²) in [5.41, 5.74) is 3.83. The third-order valence-corrected chi connectivity index (χ3v) is 4.68. The summed E-state index contributed by atoms with van der Waals surface area (Å²) in [6.07, 6.45) is 1.96. The molecule has 4 nitrogen and oxygen atoms in total. The summed E-state index contributed by atoms with van der Waals surface area (Å²) in [5.74, 6) is 0.502. The molecule has 3 aromatic rings. The lowest BCUT2D eigenvalue weighted by Crippen LogP contribution is -2.30. The van der Waals surface area contributed by atoms with Crippen LogP contribution in [0.5, 0.6) is 0 Å². The average Bonchev–Trinajstić information content (AvgIpc) is 3.28. The minimum absolute atomic E-state index is 0.102. The number of rotatable bonds is 3. The molecule has 0 saturated carbocycles. The summed E-state index contributed by atoms with van der Waals surface area (Å²) < 4.78 is 5.36. The van der Waals surface area contributed by atoms with Gasteiger partial charge in [-0.15, -0.1) is 0 Å². The van der Waals surface area contributed by atoms with Gasteiger partial charge in [-0.3, -0.25) is 4.79 Å². The van der Waals surface area contributed by atoms with Crippen molar-refractivity contribution in [3.63, 3.8) is 0 Å². The van der Waals surface area contributed by atoms with E-state index in [0.717, 1.165) is 18.4 Å². The molecule has 4 rings (SSSR count). The van der Waals surface area contributed by atoms with Crippen molar-refractivity contribution in [2.45, 2.75) is 18.9 Å². The maximum absolute atomic E-state index is 12.8. The molecule has 0 bridgehead atoms. The van der Waals surface area contributed by atoms with E-state index < -0.39 is 0 Å². The zero-order chi connectivity index (χ0) is 16.5. The number of aromatic nitrogens is 1. The molecule has 0 N–H and O–H groups in total.